The topological polar surface area (TPSA) is 64.8 Å². The summed E-state index contributed by atoms with van der Waals surface area (Å²) in [5.41, 5.74) is 5.83. The van der Waals surface area contributed by atoms with Gasteiger partial charge in [0.25, 0.3) is 0 Å². The molecule has 6 heteroatoms. The maximum atomic E-state index is 12.6. The molecule has 2 N–H and O–H groups in total. The highest BCUT2D eigenvalue weighted by Crippen LogP contribution is 2.35. The van der Waals surface area contributed by atoms with Crippen molar-refractivity contribution in [3.05, 3.63) is 22.7 Å². The van der Waals surface area contributed by atoms with Crippen LogP contribution in [0.5, 0.6) is 5.75 Å². The van der Waals surface area contributed by atoms with Crippen LogP contribution in [0.25, 0.3) is 0 Å². The summed E-state index contributed by atoms with van der Waals surface area (Å²) < 4.78 is 11.3. The zero-order valence-corrected chi connectivity index (χ0v) is 12.6. The predicted molar refractivity (Wildman–Crippen MR) is 76.4 cm³/mol. The lowest BCUT2D eigenvalue weighted by Gasteiger charge is -2.41. The molecule has 1 aromatic rings. The maximum Gasteiger partial charge on any atom is 0.239 e. The summed E-state index contributed by atoms with van der Waals surface area (Å²) in [5.74, 6) is 0.601. The highest BCUT2D eigenvalue weighted by atomic mass is 79.9. The van der Waals surface area contributed by atoms with Gasteiger partial charge in [0.05, 0.1) is 26.0 Å². The Morgan fingerprint density at radius 3 is 2.74 bits per heavy atom. The maximum absolute atomic E-state index is 12.6. The van der Waals surface area contributed by atoms with E-state index in [0.717, 1.165) is 4.47 Å². The summed E-state index contributed by atoms with van der Waals surface area (Å²) >= 11 is 3.40. The molecule has 0 saturated carbocycles. The minimum atomic E-state index is -0.595. The number of nitrogens with zero attached hydrogens (tertiary/aromatic N) is 1. The fraction of sp³-hybridized carbons (Fsp3) is 0.462. The molecule has 0 spiro atoms. The lowest BCUT2D eigenvalue weighted by atomic mass is 9.84. The van der Waals surface area contributed by atoms with Crippen molar-refractivity contribution < 1.29 is 14.3 Å². The number of nitrogens with two attached hydrogens (primary N) is 1. The summed E-state index contributed by atoms with van der Waals surface area (Å²) in [6, 6.07) is 5.53. The molecule has 19 heavy (non-hydrogen) atoms. The number of methoxy groups -OCH3 is 1. The molecule has 0 bridgehead atoms. The molecule has 2 rings (SSSR count). The van der Waals surface area contributed by atoms with Gasteiger partial charge in [0.15, 0.2) is 0 Å². The van der Waals surface area contributed by atoms with Gasteiger partial charge < -0.3 is 20.1 Å². The van der Waals surface area contributed by atoms with Crippen LogP contribution >= 0.6 is 15.9 Å². The van der Waals surface area contributed by atoms with Crippen LogP contribution < -0.4 is 15.4 Å². The summed E-state index contributed by atoms with van der Waals surface area (Å²) in [7, 11) is 3.30. The van der Waals surface area contributed by atoms with Crippen molar-refractivity contribution in [2.24, 2.45) is 11.1 Å². The van der Waals surface area contributed by atoms with Crippen molar-refractivity contribution in [1.82, 2.24) is 0 Å². The first-order valence-corrected chi connectivity index (χ1v) is 6.73. The van der Waals surface area contributed by atoms with Crippen molar-refractivity contribution in [2.75, 3.05) is 38.8 Å². The Balaban J connectivity index is 2.31. The van der Waals surface area contributed by atoms with E-state index in [0.29, 0.717) is 24.7 Å². The Labute approximate surface area is 120 Å². The summed E-state index contributed by atoms with van der Waals surface area (Å²) in [6.45, 7) is 1.04. The quantitative estimate of drug-likeness (QED) is 0.907. The Bertz CT molecular complexity index is 483. The van der Waals surface area contributed by atoms with E-state index in [9.17, 15) is 4.79 Å². The zero-order chi connectivity index (χ0) is 14.0. The molecule has 1 saturated heterocycles. The Kier molecular flexibility index (Phi) is 4.13. The number of hydrogen-bond acceptors (Lipinski definition) is 4. The molecule has 1 aromatic carbocycles. The first-order valence-electron chi connectivity index (χ1n) is 5.93. The molecule has 1 amide bonds. The Morgan fingerprint density at radius 2 is 2.26 bits per heavy atom. The van der Waals surface area contributed by atoms with Crippen LogP contribution in [0.4, 0.5) is 5.69 Å². The molecule has 1 aliphatic rings. The van der Waals surface area contributed by atoms with Crippen molar-refractivity contribution in [3.63, 3.8) is 0 Å². The number of hydrogen-bond donors (Lipinski definition) is 1. The van der Waals surface area contributed by atoms with Gasteiger partial charge in [-0.1, -0.05) is 15.9 Å². The van der Waals surface area contributed by atoms with Crippen LogP contribution in [0, 0.1) is 5.41 Å². The molecule has 5 nitrogen and oxygen atoms in total. The average molecular weight is 329 g/mol. The normalized spacial score (nSPS) is 16.6. The molecular formula is C13H17BrN2O3. The van der Waals surface area contributed by atoms with Crippen LogP contribution in [0.3, 0.4) is 0 Å². The SMILES string of the molecule is COc1ccc(Br)cc1N(C)C(=O)C1(CN)COC1. The molecule has 0 unspecified atom stereocenters. The lowest BCUT2D eigenvalue weighted by Crippen LogP contribution is -2.58. The Morgan fingerprint density at radius 1 is 1.58 bits per heavy atom. The smallest absolute Gasteiger partial charge is 0.239 e. The standard InChI is InChI=1S/C13H17BrN2O3/c1-16(12(17)13(6-15)7-19-8-13)10-5-9(14)3-4-11(10)18-2/h3-5H,6-8,15H2,1-2H3. The third-order valence-electron chi connectivity index (χ3n) is 3.41. The fourth-order valence-electron chi connectivity index (χ4n) is 2.07. The molecular weight excluding hydrogens is 312 g/mol. The first-order chi connectivity index (χ1) is 9.04. The summed E-state index contributed by atoms with van der Waals surface area (Å²) in [4.78, 5) is 14.1. The van der Waals surface area contributed by atoms with Gasteiger partial charge in [0.2, 0.25) is 5.91 Å². The number of rotatable bonds is 4. The Hall–Kier alpha value is -1.11. The van der Waals surface area contributed by atoms with E-state index in [1.807, 2.05) is 18.2 Å². The van der Waals surface area contributed by atoms with E-state index in [1.54, 1.807) is 19.1 Å². The van der Waals surface area contributed by atoms with E-state index >= 15 is 0 Å². The number of carbonyl (C=O) groups is 1. The molecule has 0 aliphatic carbocycles. The van der Waals surface area contributed by atoms with Gasteiger partial charge in [-0.05, 0) is 18.2 Å². The molecule has 0 atom stereocenters. The molecule has 1 fully saturated rings. The minimum absolute atomic E-state index is 0.0438. The van der Waals surface area contributed by atoms with Crippen molar-refractivity contribution >= 4 is 27.5 Å². The number of amides is 1. The van der Waals surface area contributed by atoms with Gasteiger partial charge in [0.1, 0.15) is 11.2 Å². The zero-order valence-electron chi connectivity index (χ0n) is 11.0. The van der Waals surface area contributed by atoms with Crippen LogP contribution in [0.2, 0.25) is 0 Å². The van der Waals surface area contributed by atoms with Gasteiger partial charge in [-0.3, -0.25) is 4.79 Å². The molecule has 104 valence electrons. The predicted octanol–water partition coefficient (Wildman–Crippen LogP) is 1.40. The highest BCUT2D eigenvalue weighted by Gasteiger charge is 2.46. The van der Waals surface area contributed by atoms with Crippen molar-refractivity contribution in [1.29, 1.82) is 0 Å². The van der Waals surface area contributed by atoms with Crippen molar-refractivity contribution in [2.45, 2.75) is 0 Å². The lowest BCUT2D eigenvalue weighted by molar-refractivity contribution is -0.156. The van der Waals surface area contributed by atoms with Gasteiger partial charge in [-0.15, -0.1) is 0 Å². The van der Waals surface area contributed by atoms with E-state index in [2.05, 4.69) is 15.9 Å². The minimum Gasteiger partial charge on any atom is -0.495 e. The third-order valence-corrected chi connectivity index (χ3v) is 3.90. The van der Waals surface area contributed by atoms with E-state index in [4.69, 9.17) is 15.2 Å². The number of carbonyl (C=O) groups excluding carboxylic acids is 1. The largest absolute Gasteiger partial charge is 0.495 e. The second-order valence-corrected chi connectivity index (χ2v) is 5.57. The molecule has 0 radical (unpaired) electrons. The molecule has 1 heterocycles. The average Bonchev–Trinajstić information content (AvgIpc) is 2.37. The number of benzene rings is 1. The van der Waals surface area contributed by atoms with Crippen LogP contribution in [-0.4, -0.2) is 39.8 Å². The van der Waals surface area contributed by atoms with Crippen LogP contribution in [0.1, 0.15) is 0 Å². The monoisotopic (exact) mass is 328 g/mol. The van der Waals surface area contributed by atoms with Gasteiger partial charge in [-0.2, -0.15) is 0 Å². The number of ether oxygens (including phenoxy) is 2. The van der Waals surface area contributed by atoms with Crippen LogP contribution in [0.15, 0.2) is 22.7 Å². The van der Waals surface area contributed by atoms with Gasteiger partial charge in [0, 0.05) is 18.1 Å². The second kappa shape index (κ2) is 5.48. The highest BCUT2D eigenvalue weighted by molar-refractivity contribution is 9.10. The van der Waals surface area contributed by atoms with Gasteiger partial charge in [-0.25, -0.2) is 0 Å². The van der Waals surface area contributed by atoms with E-state index in [1.165, 1.54) is 0 Å². The fourth-order valence-corrected chi connectivity index (χ4v) is 2.42. The molecule has 0 aromatic heterocycles. The van der Waals surface area contributed by atoms with Crippen molar-refractivity contribution in [3.8, 4) is 5.75 Å². The molecule has 1 aliphatic heterocycles. The second-order valence-electron chi connectivity index (χ2n) is 4.66. The third kappa shape index (κ3) is 2.48. The van der Waals surface area contributed by atoms with E-state index in [-0.39, 0.29) is 12.5 Å². The first kappa shape index (κ1) is 14.3. The number of halogens is 1. The van der Waals surface area contributed by atoms with E-state index < -0.39 is 5.41 Å². The number of anilines is 1. The van der Waals surface area contributed by atoms with Gasteiger partial charge >= 0.3 is 0 Å². The summed E-state index contributed by atoms with van der Waals surface area (Å²) in [5, 5.41) is 0. The van der Waals surface area contributed by atoms with Crippen LogP contribution in [-0.2, 0) is 9.53 Å². The summed E-state index contributed by atoms with van der Waals surface area (Å²) in [6.07, 6.45) is 0.